The van der Waals surface area contributed by atoms with Gasteiger partial charge in [-0.3, -0.25) is 4.79 Å². The number of nitrogens with one attached hydrogen (secondary N) is 1. The van der Waals surface area contributed by atoms with Gasteiger partial charge in [0, 0.05) is 5.69 Å². The zero-order chi connectivity index (χ0) is 22.9. The first-order valence-electron chi connectivity index (χ1n) is 9.96. The van der Waals surface area contributed by atoms with Gasteiger partial charge in [0.05, 0.1) is 25.9 Å². The molecule has 6 nitrogen and oxygen atoms in total. The van der Waals surface area contributed by atoms with E-state index in [4.69, 9.17) is 14.2 Å². The Kier molecular flexibility index (Phi) is 7.50. The highest BCUT2D eigenvalue weighted by atomic mass is 16.5. The second kappa shape index (κ2) is 10.7. The number of methoxy groups -OCH3 is 2. The zero-order valence-corrected chi connectivity index (χ0v) is 18.2. The van der Waals surface area contributed by atoms with E-state index in [1.54, 1.807) is 50.6 Å². The van der Waals surface area contributed by atoms with Crippen molar-refractivity contribution in [3.05, 3.63) is 83.4 Å². The standard InChI is InChI=1S/C26H24N2O4/c1-18-7-10-22(11-8-18)28-26(29)17-32-23-6-4-5-19(14-23)13-21(16-27)20-9-12-24(30-2)25(15-20)31-3/h4-15H,17H2,1-3H3,(H,28,29)/b21-13+. The van der Waals surface area contributed by atoms with E-state index < -0.39 is 0 Å². The van der Waals surface area contributed by atoms with Gasteiger partial charge in [0.1, 0.15) is 5.75 Å². The van der Waals surface area contributed by atoms with Gasteiger partial charge in [-0.25, -0.2) is 0 Å². The van der Waals surface area contributed by atoms with E-state index in [1.165, 1.54) is 0 Å². The third-order valence-corrected chi connectivity index (χ3v) is 4.69. The highest BCUT2D eigenvalue weighted by Gasteiger charge is 2.09. The van der Waals surface area contributed by atoms with Crippen molar-refractivity contribution in [1.29, 1.82) is 5.26 Å². The van der Waals surface area contributed by atoms with E-state index >= 15 is 0 Å². The Morgan fingerprint density at radius 1 is 1.00 bits per heavy atom. The molecule has 3 aromatic carbocycles. The summed E-state index contributed by atoms with van der Waals surface area (Å²) in [6.45, 7) is 1.86. The minimum atomic E-state index is -0.252. The lowest BCUT2D eigenvalue weighted by molar-refractivity contribution is -0.118. The second-order valence-electron chi connectivity index (χ2n) is 7.01. The van der Waals surface area contributed by atoms with Crippen molar-refractivity contribution in [2.75, 3.05) is 26.1 Å². The summed E-state index contributed by atoms with van der Waals surface area (Å²) in [5.74, 6) is 1.41. The van der Waals surface area contributed by atoms with Crippen LogP contribution in [0.15, 0.2) is 66.7 Å². The summed E-state index contributed by atoms with van der Waals surface area (Å²) >= 11 is 0. The summed E-state index contributed by atoms with van der Waals surface area (Å²) < 4.78 is 16.2. The minimum absolute atomic E-state index is 0.123. The molecule has 0 radical (unpaired) electrons. The molecule has 0 aliphatic heterocycles. The number of anilines is 1. The number of aryl methyl sites for hydroxylation is 1. The van der Waals surface area contributed by atoms with Crippen molar-refractivity contribution in [2.45, 2.75) is 6.92 Å². The molecule has 0 fully saturated rings. The van der Waals surface area contributed by atoms with Gasteiger partial charge in [-0.1, -0.05) is 29.8 Å². The SMILES string of the molecule is COc1ccc(/C(C#N)=C/c2cccc(OCC(=O)Nc3ccc(C)cc3)c2)cc1OC. The van der Waals surface area contributed by atoms with Crippen molar-refractivity contribution in [2.24, 2.45) is 0 Å². The van der Waals surface area contributed by atoms with Gasteiger partial charge >= 0.3 is 0 Å². The Bertz CT molecular complexity index is 1160. The number of nitriles is 1. The average Bonchev–Trinajstić information content (AvgIpc) is 2.82. The molecule has 0 saturated heterocycles. The van der Waals surface area contributed by atoms with E-state index in [2.05, 4.69) is 11.4 Å². The van der Waals surface area contributed by atoms with Crippen LogP contribution in [0.3, 0.4) is 0 Å². The summed E-state index contributed by atoms with van der Waals surface area (Å²) in [7, 11) is 3.11. The van der Waals surface area contributed by atoms with Crippen LogP contribution < -0.4 is 19.5 Å². The van der Waals surface area contributed by atoms with Crippen molar-refractivity contribution >= 4 is 23.2 Å². The van der Waals surface area contributed by atoms with Gasteiger partial charge in [-0.05, 0) is 66.6 Å². The maximum atomic E-state index is 12.2. The summed E-state index contributed by atoms with van der Waals surface area (Å²) in [6, 6.07) is 22.3. The maximum Gasteiger partial charge on any atom is 0.262 e. The molecule has 1 amide bonds. The normalized spacial score (nSPS) is 10.8. The monoisotopic (exact) mass is 428 g/mol. The Labute approximate surface area is 187 Å². The number of benzene rings is 3. The molecule has 0 heterocycles. The number of carbonyl (C=O) groups excluding carboxylic acids is 1. The number of hydrogen-bond donors (Lipinski definition) is 1. The molecule has 0 aromatic heterocycles. The number of allylic oxidation sites excluding steroid dienone is 1. The van der Waals surface area contributed by atoms with E-state index in [9.17, 15) is 10.1 Å². The summed E-state index contributed by atoms with van der Waals surface area (Å²) in [4.78, 5) is 12.2. The van der Waals surface area contributed by atoms with Crippen LogP contribution in [0.2, 0.25) is 0 Å². The van der Waals surface area contributed by atoms with E-state index in [-0.39, 0.29) is 12.5 Å². The van der Waals surface area contributed by atoms with Gasteiger partial charge in [-0.15, -0.1) is 0 Å². The van der Waals surface area contributed by atoms with Crippen molar-refractivity contribution < 1.29 is 19.0 Å². The predicted octanol–water partition coefficient (Wildman–Crippen LogP) is 5.09. The zero-order valence-electron chi connectivity index (χ0n) is 18.2. The lowest BCUT2D eigenvalue weighted by Gasteiger charge is -2.10. The fraction of sp³-hybridized carbons (Fsp3) is 0.154. The van der Waals surface area contributed by atoms with Crippen molar-refractivity contribution in [3.63, 3.8) is 0 Å². The molecule has 0 bridgehead atoms. The van der Waals surface area contributed by atoms with Gasteiger partial charge in [0.25, 0.3) is 5.91 Å². The van der Waals surface area contributed by atoms with Gasteiger partial charge < -0.3 is 19.5 Å². The van der Waals surface area contributed by atoms with Gasteiger partial charge in [-0.2, -0.15) is 5.26 Å². The van der Waals surface area contributed by atoms with E-state index in [0.29, 0.717) is 28.4 Å². The first-order valence-corrected chi connectivity index (χ1v) is 9.96. The fourth-order valence-corrected chi connectivity index (χ4v) is 3.03. The third kappa shape index (κ3) is 5.89. The Hall–Kier alpha value is -4.24. The number of amides is 1. The number of nitrogens with zero attached hydrogens (tertiary/aromatic N) is 1. The van der Waals surface area contributed by atoms with Gasteiger partial charge in [0.2, 0.25) is 0 Å². The summed E-state index contributed by atoms with van der Waals surface area (Å²) in [6.07, 6.45) is 1.75. The molecule has 0 aliphatic carbocycles. The second-order valence-corrected chi connectivity index (χ2v) is 7.01. The molecule has 6 heteroatoms. The minimum Gasteiger partial charge on any atom is -0.493 e. The topological polar surface area (TPSA) is 80.6 Å². The maximum absolute atomic E-state index is 12.2. The number of hydrogen-bond acceptors (Lipinski definition) is 5. The number of carbonyl (C=O) groups is 1. The Balaban J connectivity index is 1.70. The Morgan fingerprint density at radius 3 is 2.44 bits per heavy atom. The van der Waals surface area contributed by atoms with Crippen LogP contribution in [-0.4, -0.2) is 26.7 Å². The van der Waals surface area contributed by atoms with Crippen molar-refractivity contribution in [1.82, 2.24) is 0 Å². The molecule has 3 rings (SSSR count). The molecule has 0 spiro atoms. The molecule has 0 unspecified atom stereocenters. The molecule has 3 aromatic rings. The van der Waals surface area contributed by atoms with Crippen LogP contribution >= 0.6 is 0 Å². The summed E-state index contributed by atoms with van der Waals surface area (Å²) in [5.41, 5.74) is 3.77. The quantitative estimate of drug-likeness (QED) is 0.399. The summed E-state index contributed by atoms with van der Waals surface area (Å²) in [5, 5.41) is 12.5. The van der Waals surface area contributed by atoms with E-state index in [1.807, 2.05) is 43.3 Å². The molecule has 0 aliphatic rings. The molecule has 0 saturated carbocycles. The first-order chi connectivity index (χ1) is 15.5. The fourth-order valence-electron chi connectivity index (χ4n) is 3.03. The largest absolute Gasteiger partial charge is 0.493 e. The average molecular weight is 428 g/mol. The number of ether oxygens (including phenoxy) is 3. The lowest BCUT2D eigenvalue weighted by Crippen LogP contribution is -2.20. The molecule has 162 valence electrons. The Morgan fingerprint density at radius 2 is 1.75 bits per heavy atom. The third-order valence-electron chi connectivity index (χ3n) is 4.69. The molecular weight excluding hydrogens is 404 g/mol. The molecule has 32 heavy (non-hydrogen) atoms. The van der Waals surface area contributed by atoms with Crippen molar-refractivity contribution in [3.8, 4) is 23.3 Å². The van der Waals surface area contributed by atoms with Crippen LogP contribution in [0.25, 0.3) is 11.6 Å². The molecule has 0 atom stereocenters. The predicted molar refractivity (Wildman–Crippen MR) is 125 cm³/mol. The highest BCUT2D eigenvalue weighted by Crippen LogP contribution is 2.31. The van der Waals surface area contributed by atoms with Crippen LogP contribution in [0, 0.1) is 18.3 Å². The van der Waals surface area contributed by atoms with Gasteiger partial charge in [0.15, 0.2) is 18.1 Å². The van der Waals surface area contributed by atoms with Crippen LogP contribution in [0.1, 0.15) is 16.7 Å². The molecule has 1 N–H and O–H groups in total. The van der Waals surface area contributed by atoms with Crippen LogP contribution in [0.4, 0.5) is 5.69 Å². The van der Waals surface area contributed by atoms with E-state index in [0.717, 1.165) is 16.8 Å². The smallest absolute Gasteiger partial charge is 0.262 e. The lowest BCUT2D eigenvalue weighted by atomic mass is 10.0. The first kappa shape index (κ1) is 22.4. The number of rotatable bonds is 8. The van der Waals surface area contributed by atoms with Crippen LogP contribution in [0.5, 0.6) is 17.2 Å². The highest BCUT2D eigenvalue weighted by molar-refractivity contribution is 5.92. The van der Waals surface area contributed by atoms with Crippen LogP contribution in [-0.2, 0) is 4.79 Å². The molecular formula is C26H24N2O4.